The number of imide groups is 1. The second kappa shape index (κ2) is 10.1. The third-order valence-corrected chi connectivity index (χ3v) is 5.64. The molecule has 3 amide bonds. The highest BCUT2D eigenvalue weighted by molar-refractivity contribution is 8.18. The monoisotopic (exact) mass is 453 g/mol. The smallest absolute Gasteiger partial charge is 0.337 e. The van der Waals surface area contributed by atoms with Gasteiger partial charge in [-0.2, -0.15) is 0 Å². The quantitative estimate of drug-likeness (QED) is 0.505. The minimum atomic E-state index is -0.469. The van der Waals surface area contributed by atoms with Crippen LogP contribution < -0.4 is 10.2 Å². The van der Waals surface area contributed by atoms with E-state index in [4.69, 9.17) is 0 Å². The van der Waals surface area contributed by atoms with E-state index in [0.29, 0.717) is 16.2 Å². The maximum Gasteiger partial charge on any atom is 0.337 e. The lowest BCUT2D eigenvalue weighted by atomic mass is 10.2. The van der Waals surface area contributed by atoms with Crippen LogP contribution in [0.5, 0.6) is 0 Å². The summed E-state index contributed by atoms with van der Waals surface area (Å²) in [6, 6.07) is 13.8. The van der Waals surface area contributed by atoms with Crippen LogP contribution in [0.3, 0.4) is 0 Å². The summed E-state index contributed by atoms with van der Waals surface area (Å²) in [4.78, 5) is 52.0. The third kappa shape index (κ3) is 5.55. The van der Waals surface area contributed by atoms with Crippen LogP contribution in [0.2, 0.25) is 0 Å². The Morgan fingerprint density at radius 2 is 1.72 bits per heavy atom. The third-order valence-electron chi connectivity index (χ3n) is 4.73. The van der Waals surface area contributed by atoms with Crippen molar-refractivity contribution in [1.29, 1.82) is 0 Å². The highest BCUT2D eigenvalue weighted by Crippen LogP contribution is 2.32. The number of amides is 3. The van der Waals surface area contributed by atoms with Crippen molar-refractivity contribution < 1.29 is 23.9 Å². The van der Waals surface area contributed by atoms with E-state index in [-0.39, 0.29) is 18.9 Å². The largest absolute Gasteiger partial charge is 0.465 e. The van der Waals surface area contributed by atoms with E-state index in [1.807, 2.05) is 43.3 Å². The first-order valence-electron chi connectivity index (χ1n) is 9.79. The van der Waals surface area contributed by atoms with Gasteiger partial charge < -0.3 is 15.0 Å². The summed E-state index contributed by atoms with van der Waals surface area (Å²) in [6.07, 6.45) is 1.63. The molecular weight excluding hydrogens is 430 g/mol. The summed E-state index contributed by atoms with van der Waals surface area (Å²) >= 11 is 0.862. The van der Waals surface area contributed by atoms with Crippen molar-refractivity contribution >= 4 is 52.2 Å². The van der Waals surface area contributed by atoms with Crippen molar-refractivity contribution in [3.8, 4) is 0 Å². The first-order valence-corrected chi connectivity index (χ1v) is 10.6. The molecule has 0 radical (unpaired) electrons. The van der Waals surface area contributed by atoms with Gasteiger partial charge in [0.25, 0.3) is 11.1 Å². The van der Waals surface area contributed by atoms with Crippen molar-refractivity contribution in [3.63, 3.8) is 0 Å². The van der Waals surface area contributed by atoms with Gasteiger partial charge in [-0.3, -0.25) is 19.3 Å². The van der Waals surface area contributed by atoms with E-state index in [2.05, 4.69) is 10.1 Å². The summed E-state index contributed by atoms with van der Waals surface area (Å²) in [6.45, 7) is -0.0202. The maximum absolute atomic E-state index is 12.6. The number of carbonyl (C=O) groups is 4. The van der Waals surface area contributed by atoms with Crippen LogP contribution >= 0.6 is 11.8 Å². The molecule has 9 heteroatoms. The van der Waals surface area contributed by atoms with Gasteiger partial charge in [-0.25, -0.2) is 4.79 Å². The predicted octanol–water partition coefficient (Wildman–Crippen LogP) is 3.60. The number of nitrogens with one attached hydrogen (secondary N) is 1. The first kappa shape index (κ1) is 23.1. The molecule has 1 fully saturated rings. The molecule has 2 aromatic rings. The number of carbonyl (C=O) groups excluding carboxylic acids is 4. The van der Waals surface area contributed by atoms with E-state index < -0.39 is 17.1 Å². The zero-order valence-electron chi connectivity index (χ0n) is 18.0. The van der Waals surface area contributed by atoms with Crippen LogP contribution in [0.15, 0.2) is 53.4 Å². The molecule has 0 atom stereocenters. The number of hydrogen-bond acceptors (Lipinski definition) is 7. The van der Waals surface area contributed by atoms with Crippen LogP contribution in [0.4, 0.5) is 16.2 Å². The Labute approximate surface area is 190 Å². The molecule has 1 N–H and O–H groups in total. The second-order valence-electron chi connectivity index (χ2n) is 7.19. The predicted molar refractivity (Wildman–Crippen MR) is 124 cm³/mol. The van der Waals surface area contributed by atoms with Crippen LogP contribution in [-0.4, -0.2) is 55.7 Å². The van der Waals surface area contributed by atoms with Gasteiger partial charge >= 0.3 is 5.97 Å². The average molecular weight is 454 g/mol. The van der Waals surface area contributed by atoms with E-state index in [0.717, 1.165) is 27.9 Å². The van der Waals surface area contributed by atoms with E-state index in [1.165, 1.54) is 19.2 Å². The minimum Gasteiger partial charge on any atom is -0.465 e. The Morgan fingerprint density at radius 1 is 1.06 bits per heavy atom. The fraction of sp³-hybridized carbons (Fsp3) is 0.217. The molecular formula is C23H23N3O5S. The zero-order chi connectivity index (χ0) is 23.3. The summed E-state index contributed by atoms with van der Waals surface area (Å²) in [5.41, 5.74) is 2.71. The number of methoxy groups -OCH3 is 1. The number of hydrogen-bond donors (Lipinski definition) is 1. The van der Waals surface area contributed by atoms with E-state index in [9.17, 15) is 19.2 Å². The van der Waals surface area contributed by atoms with Gasteiger partial charge in [0.15, 0.2) is 0 Å². The van der Waals surface area contributed by atoms with Crippen molar-refractivity contribution in [2.75, 3.05) is 38.0 Å². The topological polar surface area (TPSA) is 96.0 Å². The Balaban J connectivity index is 1.57. The van der Waals surface area contributed by atoms with Gasteiger partial charge in [-0.05, 0) is 59.8 Å². The number of benzene rings is 2. The molecule has 32 heavy (non-hydrogen) atoms. The van der Waals surface area contributed by atoms with Crippen molar-refractivity contribution in [3.05, 3.63) is 64.6 Å². The zero-order valence-corrected chi connectivity index (χ0v) is 18.8. The molecule has 1 aliphatic heterocycles. The van der Waals surface area contributed by atoms with E-state index >= 15 is 0 Å². The van der Waals surface area contributed by atoms with E-state index in [1.54, 1.807) is 18.2 Å². The molecule has 1 saturated heterocycles. The highest BCUT2D eigenvalue weighted by Gasteiger charge is 2.35. The Kier molecular flexibility index (Phi) is 7.32. The van der Waals surface area contributed by atoms with Gasteiger partial charge in [0.05, 0.1) is 17.6 Å². The molecule has 3 rings (SSSR count). The lowest BCUT2D eigenvalue weighted by molar-refractivity contribution is -0.123. The SMILES string of the molecule is COC(=O)c1ccc(NC(=O)CCN2C(=O)S/C(=C/c3ccc(N(C)C)cc3)C2=O)cc1. The lowest BCUT2D eigenvalue weighted by Gasteiger charge is -2.12. The minimum absolute atomic E-state index is 0.0202. The van der Waals surface area contributed by atoms with Gasteiger partial charge in [0, 0.05) is 38.4 Å². The van der Waals surface area contributed by atoms with Crippen molar-refractivity contribution in [1.82, 2.24) is 4.90 Å². The number of thioether (sulfide) groups is 1. The van der Waals surface area contributed by atoms with Crippen LogP contribution in [0, 0.1) is 0 Å². The molecule has 8 nitrogen and oxygen atoms in total. The standard InChI is InChI=1S/C23H23N3O5S/c1-25(2)18-10-4-15(5-11-18)14-19-21(28)26(23(30)32-19)13-12-20(27)24-17-8-6-16(7-9-17)22(29)31-3/h4-11,14H,12-13H2,1-3H3,(H,24,27)/b19-14+. The fourth-order valence-electron chi connectivity index (χ4n) is 2.96. The molecule has 166 valence electrons. The molecule has 1 heterocycles. The number of anilines is 2. The van der Waals surface area contributed by atoms with Gasteiger partial charge in [0.1, 0.15) is 0 Å². The summed E-state index contributed by atoms with van der Waals surface area (Å²) in [5, 5.41) is 2.28. The van der Waals surface area contributed by atoms with Crippen LogP contribution in [0.25, 0.3) is 6.08 Å². The molecule has 0 bridgehead atoms. The summed E-state index contributed by atoms with van der Waals surface area (Å²) < 4.78 is 4.63. The molecule has 2 aromatic carbocycles. The Hall–Kier alpha value is -3.59. The molecule has 0 aliphatic carbocycles. The fourth-order valence-corrected chi connectivity index (χ4v) is 3.82. The first-order chi connectivity index (χ1) is 15.3. The van der Waals surface area contributed by atoms with Crippen molar-refractivity contribution in [2.45, 2.75) is 6.42 Å². The number of nitrogens with zero attached hydrogens (tertiary/aromatic N) is 2. The molecule has 0 spiro atoms. The molecule has 0 unspecified atom stereocenters. The maximum atomic E-state index is 12.6. The molecule has 0 saturated carbocycles. The van der Waals surface area contributed by atoms with Gasteiger partial charge in [-0.1, -0.05) is 12.1 Å². The number of esters is 1. The average Bonchev–Trinajstić information content (AvgIpc) is 3.04. The Morgan fingerprint density at radius 3 is 2.31 bits per heavy atom. The van der Waals surface area contributed by atoms with Crippen LogP contribution in [0.1, 0.15) is 22.3 Å². The normalized spacial score (nSPS) is 14.6. The van der Waals surface area contributed by atoms with Crippen LogP contribution in [-0.2, 0) is 14.3 Å². The molecule has 0 aromatic heterocycles. The molecule has 1 aliphatic rings. The second-order valence-corrected chi connectivity index (χ2v) is 8.18. The summed E-state index contributed by atoms with van der Waals surface area (Å²) in [5.74, 6) is -1.23. The lowest BCUT2D eigenvalue weighted by Crippen LogP contribution is -2.31. The van der Waals surface area contributed by atoms with Gasteiger partial charge in [-0.15, -0.1) is 0 Å². The number of ether oxygens (including phenoxy) is 1. The number of rotatable bonds is 7. The highest BCUT2D eigenvalue weighted by atomic mass is 32.2. The van der Waals surface area contributed by atoms with Crippen molar-refractivity contribution in [2.24, 2.45) is 0 Å². The summed E-state index contributed by atoms with van der Waals surface area (Å²) in [7, 11) is 5.17. The van der Waals surface area contributed by atoms with Gasteiger partial charge in [0.2, 0.25) is 5.91 Å². The Bertz CT molecular complexity index is 1060.